The van der Waals surface area contributed by atoms with E-state index >= 15 is 0 Å². The Hall–Kier alpha value is -1.20. The van der Waals surface area contributed by atoms with Crippen molar-refractivity contribution in [3.05, 3.63) is 34.5 Å². The van der Waals surface area contributed by atoms with Crippen molar-refractivity contribution in [2.45, 2.75) is 18.9 Å². The third kappa shape index (κ3) is 2.62. The second kappa shape index (κ2) is 5.20. The lowest BCUT2D eigenvalue weighted by Gasteiger charge is -2.20. The number of rotatable bonds is 3. The fourth-order valence-electron chi connectivity index (χ4n) is 2.67. The van der Waals surface area contributed by atoms with Gasteiger partial charge in [0.25, 0.3) is 0 Å². The van der Waals surface area contributed by atoms with Gasteiger partial charge in [0.05, 0.1) is 6.21 Å². The zero-order valence-electron chi connectivity index (χ0n) is 9.87. The molecule has 18 heavy (non-hydrogen) atoms. The van der Waals surface area contributed by atoms with E-state index in [1.807, 2.05) is 17.5 Å². The van der Waals surface area contributed by atoms with Gasteiger partial charge >= 0.3 is 0 Å². The molecule has 0 spiro atoms. The van der Waals surface area contributed by atoms with Crippen LogP contribution in [0.3, 0.4) is 0 Å². The van der Waals surface area contributed by atoms with Gasteiger partial charge in [0.2, 0.25) is 0 Å². The highest BCUT2D eigenvalue weighted by molar-refractivity contribution is 7.80. The predicted molar refractivity (Wildman–Crippen MR) is 79.9 cm³/mol. The highest BCUT2D eigenvalue weighted by Crippen LogP contribution is 2.38. The summed E-state index contributed by atoms with van der Waals surface area (Å²) in [5, 5.41) is 10.1. The highest BCUT2D eigenvalue weighted by atomic mass is 32.1. The Balaban J connectivity index is 1.46. The van der Waals surface area contributed by atoms with Crippen LogP contribution in [0.1, 0.15) is 17.7 Å². The minimum Gasteiger partial charge on any atom is -0.358 e. The van der Waals surface area contributed by atoms with Crippen LogP contribution in [-0.4, -0.2) is 17.4 Å². The third-order valence-electron chi connectivity index (χ3n) is 3.50. The molecule has 0 aliphatic heterocycles. The largest absolute Gasteiger partial charge is 0.358 e. The molecule has 1 fully saturated rings. The average molecular weight is 277 g/mol. The van der Waals surface area contributed by atoms with E-state index in [4.69, 9.17) is 12.2 Å². The molecule has 2 aliphatic carbocycles. The Labute approximate surface area is 116 Å². The summed E-state index contributed by atoms with van der Waals surface area (Å²) in [7, 11) is 0. The van der Waals surface area contributed by atoms with Crippen molar-refractivity contribution < 1.29 is 0 Å². The monoisotopic (exact) mass is 277 g/mol. The third-order valence-corrected chi connectivity index (χ3v) is 4.51. The van der Waals surface area contributed by atoms with Crippen molar-refractivity contribution in [1.82, 2.24) is 10.7 Å². The van der Waals surface area contributed by atoms with Crippen molar-refractivity contribution >= 4 is 34.9 Å². The van der Waals surface area contributed by atoms with Crippen molar-refractivity contribution in [3.8, 4) is 0 Å². The van der Waals surface area contributed by atoms with Crippen LogP contribution in [0.4, 0.5) is 0 Å². The normalized spacial score (nSPS) is 29.0. The molecule has 2 aliphatic rings. The van der Waals surface area contributed by atoms with E-state index in [1.165, 1.54) is 12.8 Å². The van der Waals surface area contributed by atoms with Gasteiger partial charge < -0.3 is 5.32 Å². The van der Waals surface area contributed by atoms with E-state index in [0.29, 0.717) is 17.1 Å². The van der Waals surface area contributed by atoms with E-state index in [1.54, 1.807) is 17.6 Å². The standard InChI is InChI=1S/C13H15N3S2/c17-13(16-14-8-11-2-1-5-18-11)15-12-7-9-3-4-10(12)6-9/h1-5,8-10,12H,6-7H2,(H2,15,16,17)/b14-8-/t9-,10+,12-/m0/s1. The molecule has 94 valence electrons. The Kier molecular flexibility index (Phi) is 3.43. The molecule has 3 nitrogen and oxygen atoms in total. The Morgan fingerprint density at radius 3 is 3.06 bits per heavy atom. The molecule has 5 heteroatoms. The summed E-state index contributed by atoms with van der Waals surface area (Å²) in [6, 6.07) is 4.51. The van der Waals surface area contributed by atoms with Crippen molar-refractivity contribution in [2.75, 3.05) is 0 Å². The molecule has 2 bridgehead atoms. The van der Waals surface area contributed by atoms with Crippen LogP contribution >= 0.6 is 23.6 Å². The Bertz CT molecular complexity index is 478. The van der Waals surface area contributed by atoms with Gasteiger partial charge in [-0.15, -0.1) is 11.3 Å². The van der Waals surface area contributed by atoms with Crippen molar-refractivity contribution in [3.63, 3.8) is 0 Å². The van der Waals surface area contributed by atoms with Crippen LogP contribution in [-0.2, 0) is 0 Å². The number of allylic oxidation sites excluding steroid dienone is 1. The molecule has 0 amide bonds. The van der Waals surface area contributed by atoms with Crippen LogP contribution < -0.4 is 10.7 Å². The molecule has 0 radical (unpaired) electrons. The first-order valence-corrected chi connectivity index (χ1v) is 7.41. The van der Waals surface area contributed by atoms with Gasteiger partial charge in [-0.2, -0.15) is 5.10 Å². The van der Waals surface area contributed by atoms with Gasteiger partial charge in [-0.3, -0.25) is 5.43 Å². The number of hydrogen-bond donors (Lipinski definition) is 2. The maximum Gasteiger partial charge on any atom is 0.187 e. The first-order valence-electron chi connectivity index (χ1n) is 6.12. The van der Waals surface area contributed by atoms with E-state index in [2.05, 4.69) is 28.0 Å². The van der Waals surface area contributed by atoms with Crippen LogP contribution in [0, 0.1) is 11.8 Å². The fourth-order valence-corrected chi connectivity index (χ4v) is 3.46. The van der Waals surface area contributed by atoms with Crippen molar-refractivity contribution in [2.24, 2.45) is 16.9 Å². The van der Waals surface area contributed by atoms with Crippen LogP contribution in [0.5, 0.6) is 0 Å². The molecule has 0 saturated heterocycles. The fraction of sp³-hybridized carbons (Fsp3) is 0.385. The zero-order chi connectivity index (χ0) is 12.4. The molecule has 1 aromatic rings. The lowest BCUT2D eigenvalue weighted by Crippen LogP contribution is -2.42. The number of thiophene rings is 1. The molecule has 0 aromatic carbocycles. The van der Waals surface area contributed by atoms with Gasteiger partial charge in [0.1, 0.15) is 0 Å². The summed E-state index contributed by atoms with van der Waals surface area (Å²) in [4.78, 5) is 1.12. The van der Waals surface area contributed by atoms with Gasteiger partial charge in [0.15, 0.2) is 5.11 Å². The van der Waals surface area contributed by atoms with Crippen LogP contribution in [0.25, 0.3) is 0 Å². The first kappa shape index (κ1) is 11.9. The van der Waals surface area contributed by atoms with Crippen LogP contribution in [0.2, 0.25) is 0 Å². The van der Waals surface area contributed by atoms with Gasteiger partial charge in [-0.25, -0.2) is 0 Å². The summed E-state index contributed by atoms with van der Waals surface area (Å²) >= 11 is 6.90. The highest BCUT2D eigenvalue weighted by Gasteiger charge is 2.35. The maximum atomic E-state index is 5.24. The van der Waals surface area contributed by atoms with E-state index < -0.39 is 0 Å². The van der Waals surface area contributed by atoms with Gasteiger partial charge in [0, 0.05) is 10.9 Å². The average Bonchev–Trinajstić information content (AvgIpc) is 3.04. The second-order valence-corrected chi connectivity index (χ2v) is 6.13. The minimum atomic E-state index is 0.483. The topological polar surface area (TPSA) is 36.4 Å². The van der Waals surface area contributed by atoms with Crippen molar-refractivity contribution in [1.29, 1.82) is 0 Å². The number of fused-ring (bicyclic) bond motifs is 2. The Morgan fingerprint density at radius 1 is 1.44 bits per heavy atom. The summed E-state index contributed by atoms with van der Waals surface area (Å²) in [5.41, 5.74) is 2.88. The summed E-state index contributed by atoms with van der Waals surface area (Å²) in [6.07, 6.45) is 8.90. The lowest BCUT2D eigenvalue weighted by atomic mass is 10.0. The SMILES string of the molecule is S=C(N/N=C\c1cccs1)N[C@H]1C[C@H]2C=C[C@@H]1C2. The van der Waals surface area contributed by atoms with Gasteiger partial charge in [-0.1, -0.05) is 18.2 Å². The van der Waals surface area contributed by atoms with E-state index in [0.717, 1.165) is 10.8 Å². The molecule has 1 saturated carbocycles. The summed E-state index contributed by atoms with van der Waals surface area (Å²) in [5.74, 6) is 1.40. The smallest absolute Gasteiger partial charge is 0.187 e. The molecular formula is C13H15N3S2. The zero-order valence-corrected chi connectivity index (χ0v) is 11.5. The number of hydrazone groups is 1. The molecule has 0 unspecified atom stereocenters. The Morgan fingerprint density at radius 2 is 2.39 bits per heavy atom. The molecular weight excluding hydrogens is 262 g/mol. The summed E-state index contributed by atoms with van der Waals surface area (Å²) < 4.78 is 0. The quantitative estimate of drug-likeness (QED) is 0.386. The van der Waals surface area contributed by atoms with Gasteiger partial charge in [-0.05, 0) is 48.3 Å². The predicted octanol–water partition coefficient (Wildman–Crippen LogP) is 2.51. The molecule has 3 rings (SSSR count). The molecule has 1 aromatic heterocycles. The first-order chi connectivity index (χ1) is 8.81. The number of nitrogens with one attached hydrogen (secondary N) is 2. The van der Waals surface area contributed by atoms with E-state index in [-0.39, 0.29) is 0 Å². The molecule has 3 atom stereocenters. The number of nitrogens with zero attached hydrogens (tertiary/aromatic N) is 1. The lowest BCUT2D eigenvalue weighted by molar-refractivity contribution is 0.521. The number of hydrogen-bond acceptors (Lipinski definition) is 3. The molecule has 2 N–H and O–H groups in total. The second-order valence-electron chi connectivity index (χ2n) is 4.75. The maximum absolute atomic E-state index is 5.24. The molecule has 1 heterocycles. The number of thiocarbonyl (C=S) groups is 1. The summed E-state index contributed by atoms with van der Waals surface area (Å²) in [6.45, 7) is 0. The van der Waals surface area contributed by atoms with Crippen LogP contribution in [0.15, 0.2) is 34.8 Å². The van der Waals surface area contributed by atoms with E-state index in [9.17, 15) is 0 Å². The minimum absolute atomic E-state index is 0.483.